The molecule has 31 heavy (non-hydrogen) atoms. The molecule has 8 nitrogen and oxygen atoms in total. The van der Waals surface area contributed by atoms with Crippen LogP contribution in [-0.2, 0) is 28.9 Å². The maximum atomic E-state index is 12.6. The molecule has 0 atom stereocenters. The number of hydrogen-bond donors (Lipinski definition) is 1. The van der Waals surface area contributed by atoms with Crippen LogP contribution < -0.4 is 4.90 Å². The molecule has 1 aliphatic heterocycles. The fourth-order valence-corrected chi connectivity index (χ4v) is 3.01. The molecule has 0 bridgehead atoms. The van der Waals surface area contributed by atoms with Gasteiger partial charge in [-0.2, -0.15) is 13.2 Å². The first-order chi connectivity index (χ1) is 14.6. The summed E-state index contributed by atoms with van der Waals surface area (Å²) in [7, 11) is 2.04. The Hall–Kier alpha value is -3.24. The van der Waals surface area contributed by atoms with Gasteiger partial charge < -0.3 is 14.9 Å². The molecular formula is C20H24F3N5O3. The molecule has 0 fully saturated rings. The fraction of sp³-hybridized carbons (Fsp3) is 0.450. The van der Waals surface area contributed by atoms with Gasteiger partial charge in [-0.15, -0.1) is 0 Å². The Morgan fingerprint density at radius 3 is 2.42 bits per heavy atom. The van der Waals surface area contributed by atoms with Gasteiger partial charge in [0.2, 0.25) is 5.91 Å². The average Bonchev–Trinajstić information content (AvgIpc) is 2.96. The summed E-state index contributed by atoms with van der Waals surface area (Å²) in [6.07, 6.45) is 0.194. The van der Waals surface area contributed by atoms with Crippen molar-refractivity contribution in [3.63, 3.8) is 0 Å². The van der Waals surface area contributed by atoms with Crippen molar-refractivity contribution in [1.29, 1.82) is 0 Å². The number of alkyl halides is 3. The number of aromatic nitrogens is 3. The number of halogens is 3. The summed E-state index contributed by atoms with van der Waals surface area (Å²) < 4.78 is 31.7. The minimum absolute atomic E-state index is 0.125. The summed E-state index contributed by atoms with van der Waals surface area (Å²) in [4.78, 5) is 38.7. The summed E-state index contributed by atoms with van der Waals surface area (Å²) in [6, 6.07) is 5.67. The number of carbonyl (C=O) groups excluding carboxylic acids is 1. The second kappa shape index (κ2) is 10.7. The predicted molar refractivity (Wildman–Crippen MR) is 107 cm³/mol. The van der Waals surface area contributed by atoms with Crippen molar-refractivity contribution in [2.45, 2.75) is 32.4 Å². The number of pyridine rings is 1. The lowest BCUT2D eigenvalue weighted by atomic mass is 10.1. The van der Waals surface area contributed by atoms with E-state index in [1.54, 1.807) is 12.5 Å². The summed E-state index contributed by atoms with van der Waals surface area (Å²) >= 11 is 0. The van der Waals surface area contributed by atoms with Crippen molar-refractivity contribution in [2.24, 2.45) is 0 Å². The molecule has 3 rings (SSSR count). The molecular weight excluding hydrogens is 415 g/mol. The van der Waals surface area contributed by atoms with Crippen LogP contribution >= 0.6 is 0 Å². The van der Waals surface area contributed by atoms with Gasteiger partial charge in [-0.25, -0.2) is 14.8 Å². The van der Waals surface area contributed by atoms with Gasteiger partial charge in [-0.05, 0) is 25.5 Å². The quantitative estimate of drug-likeness (QED) is 0.779. The van der Waals surface area contributed by atoms with Crippen LogP contribution in [0.5, 0.6) is 0 Å². The zero-order valence-electron chi connectivity index (χ0n) is 17.3. The third kappa shape index (κ3) is 6.90. The van der Waals surface area contributed by atoms with Gasteiger partial charge in [0.05, 0.1) is 12.1 Å². The number of nitrogens with zero attached hydrogens (tertiary/aromatic N) is 5. The van der Waals surface area contributed by atoms with Gasteiger partial charge in [0, 0.05) is 50.6 Å². The highest BCUT2D eigenvalue weighted by atomic mass is 19.4. The normalized spacial score (nSPS) is 13.4. The molecule has 0 spiro atoms. The SMILES string of the molecule is CCN(C)c1ncnc2c1CCN(C(=O)Cc1ccccn1)CC2.O=C(O)C(F)(F)F. The third-order valence-electron chi connectivity index (χ3n) is 4.75. The highest BCUT2D eigenvalue weighted by Gasteiger charge is 2.38. The maximum Gasteiger partial charge on any atom is 0.490 e. The molecule has 0 saturated carbocycles. The zero-order chi connectivity index (χ0) is 23.0. The molecule has 0 aliphatic carbocycles. The molecule has 1 aliphatic rings. The van der Waals surface area contributed by atoms with E-state index in [1.807, 2.05) is 30.1 Å². The van der Waals surface area contributed by atoms with Crippen LogP contribution in [0.25, 0.3) is 0 Å². The van der Waals surface area contributed by atoms with E-state index in [2.05, 4.69) is 26.8 Å². The molecule has 0 aromatic carbocycles. The summed E-state index contributed by atoms with van der Waals surface area (Å²) in [6.45, 7) is 4.40. The van der Waals surface area contributed by atoms with E-state index in [0.717, 1.165) is 36.6 Å². The summed E-state index contributed by atoms with van der Waals surface area (Å²) in [5.74, 6) is -1.64. The first kappa shape index (κ1) is 24.0. The van der Waals surface area contributed by atoms with Gasteiger partial charge in [0.15, 0.2) is 0 Å². The average molecular weight is 439 g/mol. The lowest BCUT2D eigenvalue weighted by Crippen LogP contribution is -2.34. The summed E-state index contributed by atoms with van der Waals surface area (Å²) in [5, 5.41) is 7.12. The largest absolute Gasteiger partial charge is 0.490 e. The monoisotopic (exact) mass is 439 g/mol. The smallest absolute Gasteiger partial charge is 0.475 e. The Kier molecular flexibility index (Phi) is 8.29. The first-order valence-corrected chi connectivity index (χ1v) is 9.65. The molecule has 1 N–H and O–H groups in total. The van der Waals surface area contributed by atoms with Crippen LogP contribution in [-0.4, -0.2) is 69.7 Å². The van der Waals surface area contributed by atoms with E-state index in [0.29, 0.717) is 19.5 Å². The van der Waals surface area contributed by atoms with E-state index in [4.69, 9.17) is 9.90 Å². The van der Waals surface area contributed by atoms with E-state index in [9.17, 15) is 18.0 Å². The van der Waals surface area contributed by atoms with Crippen LogP contribution in [0.2, 0.25) is 0 Å². The Labute approximate surface area is 177 Å². The van der Waals surface area contributed by atoms with Crippen molar-refractivity contribution in [1.82, 2.24) is 19.9 Å². The van der Waals surface area contributed by atoms with Crippen molar-refractivity contribution in [3.8, 4) is 0 Å². The van der Waals surface area contributed by atoms with Crippen LogP contribution in [0, 0.1) is 0 Å². The molecule has 0 radical (unpaired) electrons. The van der Waals surface area contributed by atoms with Crippen molar-refractivity contribution < 1.29 is 27.9 Å². The lowest BCUT2D eigenvalue weighted by molar-refractivity contribution is -0.192. The minimum Gasteiger partial charge on any atom is -0.475 e. The molecule has 3 heterocycles. The second-order valence-electron chi connectivity index (χ2n) is 6.82. The van der Waals surface area contributed by atoms with Crippen molar-refractivity contribution >= 4 is 17.7 Å². The second-order valence-corrected chi connectivity index (χ2v) is 6.82. The number of rotatable bonds is 4. The molecule has 168 valence electrons. The highest BCUT2D eigenvalue weighted by molar-refractivity contribution is 5.78. The van der Waals surface area contributed by atoms with E-state index in [-0.39, 0.29) is 5.91 Å². The van der Waals surface area contributed by atoms with Gasteiger partial charge in [0.25, 0.3) is 0 Å². The van der Waals surface area contributed by atoms with Crippen molar-refractivity contribution in [3.05, 3.63) is 47.7 Å². The van der Waals surface area contributed by atoms with Gasteiger partial charge in [-0.1, -0.05) is 6.07 Å². The Bertz CT molecular complexity index is 893. The zero-order valence-corrected chi connectivity index (χ0v) is 17.3. The Balaban J connectivity index is 0.000000423. The first-order valence-electron chi connectivity index (χ1n) is 9.65. The topological polar surface area (TPSA) is 99.5 Å². The predicted octanol–water partition coefficient (Wildman–Crippen LogP) is 2.13. The van der Waals surface area contributed by atoms with Crippen LogP contribution in [0.4, 0.5) is 19.0 Å². The number of carboxylic acids is 1. The number of carboxylic acid groups (broad SMARTS) is 1. The number of anilines is 1. The number of carbonyl (C=O) groups is 2. The van der Waals surface area contributed by atoms with Crippen molar-refractivity contribution in [2.75, 3.05) is 31.6 Å². The minimum atomic E-state index is -5.08. The van der Waals surface area contributed by atoms with E-state index in [1.165, 1.54) is 5.56 Å². The van der Waals surface area contributed by atoms with Crippen LogP contribution in [0.1, 0.15) is 23.9 Å². The van der Waals surface area contributed by atoms with E-state index < -0.39 is 12.1 Å². The molecule has 1 amide bonds. The number of fused-ring (bicyclic) bond motifs is 1. The number of aliphatic carboxylic acids is 1. The van der Waals surface area contributed by atoms with Crippen LogP contribution in [0.3, 0.4) is 0 Å². The molecule has 0 saturated heterocycles. The Morgan fingerprint density at radius 1 is 1.16 bits per heavy atom. The molecule has 11 heteroatoms. The van der Waals surface area contributed by atoms with E-state index >= 15 is 0 Å². The maximum absolute atomic E-state index is 12.6. The Morgan fingerprint density at radius 2 is 1.84 bits per heavy atom. The number of amides is 1. The molecule has 0 unspecified atom stereocenters. The van der Waals surface area contributed by atoms with Gasteiger partial charge in [0.1, 0.15) is 12.1 Å². The highest BCUT2D eigenvalue weighted by Crippen LogP contribution is 2.23. The third-order valence-corrected chi connectivity index (χ3v) is 4.75. The van der Waals surface area contributed by atoms with Gasteiger partial charge >= 0.3 is 12.1 Å². The fourth-order valence-electron chi connectivity index (χ4n) is 3.01. The molecule has 2 aromatic rings. The molecule has 2 aromatic heterocycles. The number of hydrogen-bond acceptors (Lipinski definition) is 6. The summed E-state index contributed by atoms with van der Waals surface area (Å²) in [5.41, 5.74) is 3.05. The van der Waals surface area contributed by atoms with Crippen LogP contribution in [0.15, 0.2) is 30.7 Å². The lowest BCUT2D eigenvalue weighted by Gasteiger charge is -2.21. The standard InChI is InChI=1S/C18H23N5O.C2HF3O2/c1-3-22(2)18-15-7-10-23(11-8-16(15)20-13-21-18)17(24)12-14-6-4-5-9-19-14;3-2(4,5)1(6)7/h4-6,9,13H,3,7-8,10-12H2,1-2H3;(H,6,7). The van der Waals surface area contributed by atoms with Gasteiger partial charge in [-0.3, -0.25) is 9.78 Å².